The lowest BCUT2D eigenvalue weighted by atomic mass is 10.1. The molecule has 0 aliphatic carbocycles. The van der Waals surface area contributed by atoms with Crippen molar-refractivity contribution >= 4 is 32.4 Å². The van der Waals surface area contributed by atoms with E-state index in [1.54, 1.807) is 23.6 Å². The molecular formula is C15H19N3O3S2. The zero-order valence-corrected chi connectivity index (χ0v) is 14.8. The van der Waals surface area contributed by atoms with Gasteiger partial charge in [-0.1, -0.05) is 18.2 Å². The maximum Gasteiger partial charge on any atom is 0.266 e. The Bertz CT molecular complexity index is 751. The maximum absolute atomic E-state index is 12.8. The molecule has 0 fully saturated rings. The third kappa shape index (κ3) is 4.52. The van der Waals surface area contributed by atoms with E-state index in [0.717, 1.165) is 4.31 Å². The lowest BCUT2D eigenvalue weighted by Crippen LogP contribution is -2.47. The van der Waals surface area contributed by atoms with E-state index in [1.807, 2.05) is 20.8 Å². The van der Waals surface area contributed by atoms with Crippen molar-refractivity contribution in [3.05, 3.63) is 41.9 Å². The molecule has 0 bridgehead atoms. The molecule has 1 aromatic heterocycles. The lowest BCUT2D eigenvalue weighted by molar-refractivity contribution is -0.121. The van der Waals surface area contributed by atoms with Gasteiger partial charge in [-0.3, -0.25) is 4.79 Å². The third-order valence-electron chi connectivity index (χ3n) is 2.77. The van der Waals surface area contributed by atoms with E-state index in [-0.39, 0.29) is 22.5 Å². The van der Waals surface area contributed by atoms with Crippen LogP contribution >= 0.6 is 11.3 Å². The lowest BCUT2D eigenvalue weighted by Gasteiger charge is -2.25. The van der Waals surface area contributed by atoms with Crippen molar-refractivity contribution in [2.45, 2.75) is 31.2 Å². The molecule has 0 saturated heterocycles. The van der Waals surface area contributed by atoms with Crippen LogP contribution in [0.1, 0.15) is 20.8 Å². The van der Waals surface area contributed by atoms with Crippen LogP contribution in [-0.4, -0.2) is 31.4 Å². The number of nitrogens with zero attached hydrogens (tertiary/aromatic N) is 2. The largest absolute Gasteiger partial charge is 0.350 e. The first-order valence-corrected chi connectivity index (χ1v) is 9.30. The molecule has 0 spiro atoms. The molecule has 2 rings (SSSR count). The summed E-state index contributed by atoms with van der Waals surface area (Å²) in [6.07, 6.45) is 1.51. The van der Waals surface area contributed by atoms with Crippen molar-refractivity contribution in [2.75, 3.05) is 10.8 Å². The second kappa shape index (κ2) is 6.67. The van der Waals surface area contributed by atoms with Crippen LogP contribution in [0.15, 0.2) is 46.8 Å². The van der Waals surface area contributed by atoms with Gasteiger partial charge in [0.1, 0.15) is 6.54 Å². The Labute approximate surface area is 140 Å². The van der Waals surface area contributed by atoms with Crippen LogP contribution in [0, 0.1) is 0 Å². The molecule has 0 aliphatic rings. The molecule has 1 aromatic carbocycles. The summed E-state index contributed by atoms with van der Waals surface area (Å²) in [4.78, 5) is 16.4. The van der Waals surface area contributed by atoms with Gasteiger partial charge in [-0.15, -0.1) is 11.3 Å². The summed E-state index contributed by atoms with van der Waals surface area (Å²) in [5.41, 5.74) is -0.442. The monoisotopic (exact) mass is 353 g/mol. The van der Waals surface area contributed by atoms with Crippen LogP contribution in [0.4, 0.5) is 5.13 Å². The van der Waals surface area contributed by atoms with E-state index in [2.05, 4.69) is 10.3 Å². The molecular weight excluding hydrogens is 334 g/mol. The molecule has 0 unspecified atom stereocenters. The second-order valence-electron chi connectivity index (χ2n) is 5.94. The summed E-state index contributed by atoms with van der Waals surface area (Å²) >= 11 is 1.17. The SMILES string of the molecule is CC(C)(C)NC(=O)CN(c1nccs1)S(=O)(=O)c1ccccc1. The van der Waals surface area contributed by atoms with Gasteiger partial charge < -0.3 is 5.32 Å². The van der Waals surface area contributed by atoms with Crippen molar-refractivity contribution in [3.63, 3.8) is 0 Å². The topological polar surface area (TPSA) is 79.4 Å². The van der Waals surface area contributed by atoms with Crippen LogP contribution < -0.4 is 9.62 Å². The highest BCUT2D eigenvalue weighted by Gasteiger charge is 2.29. The number of aromatic nitrogens is 1. The van der Waals surface area contributed by atoms with E-state index < -0.39 is 15.6 Å². The predicted molar refractivity (Wildman–Crippen MR) is 91.0 cm³/mol. The predicted octanol–water partition coefficient (Wildman–Crippen LogP) is 2.25. The first-order valence-electron chi connectivity index (χ1n) is 6.98. The molecule has 1 amide bonds. The van der Waals surface area contributed by atoms with E-state index in [0.29, 0.717) is 0 Å². The Morgan fingerprint density at radius 3 is 2.43 bits per heavy atom. The van der Waals surface area contributed by atoms with Crippen molar-refractivity contribution in [1.82, 2.24) is 10.3 Å². The minimum atomic E-state index is -3.85. The summed E-state index contributed by atoms with van der Waals surface area (Å²) in [6.45, 7) is 5.20. The Kier molecular flexibility index (Phi) is 5.06. The zero-order valence-electron chi connectivity index (χ0n) is 13.2. The molecule has 0 atom stereocenters. The number of rotatable bonds is 5. The quantitative estimate of drug-likeness (QED) is 0.894. The fourth-order valence-electron chi connectivity index (χ4n) is 1.90. The van der Waals surface area contributed by atoms with Gasteiger partial charge in [0.2, 0.25) is 5.91 Å². The number of anilines is 1. The highest BCUT2D eigenvalue weighted by Crippen LogP contribution is 2.25. The smallest absolute Gasteiger partial charge is 0.266 e. The molecule has 1 heterocycles. The normalized spacial score (nSPS) is 12.0. The van der Waals surface area contributed by atoms with Crippen molar-refractivity contribution in [1.29, 1.82) is 0 Å². The molecule has 2 aromatic rings. The summed E-state index contributed by atoms with van der Waals surface area (Å²) < 4.78 is 26.7. The van der Waals surface area contributed by atoms with Crippen molar-refractivity contribution in [2.24, 2.45) is 0 Å². The Morgan fingerprint density at radius 2 is 1.91 bits per heavy atom. The zero-order chi connectivity index (χ0) is 17.1. The van der Waals surface area contributed by atoms with Gasteiger partial charge in [0.15, 0.2) is 5.13 Å². The Morgan fingerprint density at radius 1 is 1.26 bits per heavy atom. The fraction of sp³-hybridized carbons (Fsp3) is 0.333. The summed E-state index contributed by atoms with van der Waals surface area (Å²) in [7, 11) is -3.85. The molecule has 6 nitrogen and oxygen atoms in total. The average Bonchev–Trinajstić information content (AvgIpc) is 2.97. The van der Waals surface area contributed by atoms with Gasteiger partial charge in [0, 0.05) is 17.1 Å². The number of hydrogen-bond donors (Lipinski definition) is 1. The molecule has 0 aliphatic heterocycles. The van der Waals surface area contributed by atoms with Crippen LogP contribution in [0.2, 0.25) is 0 Å². The van der Waals surface area contributed by atoms with Crippen LogP contribution in [-0.2, 0) is 14.8 Å². The Balaban J connectivity index is 2.35. The van der Waals surface area contributed by atoms with Gasteiger partial charge in [-0.2, -0.15) is 0 Å². The standard InChI is InChI=1S/C15H19N3O3S2/c1-15(2,3)17-13(19)11-18(14-16-9-10-22-14)23(20,21)12-7-5-4-6-8-12/h4-10H,11H2,1-3H3,(H,17,19). The molecule has 0 radical (unpaired) electrons. The van der Waals surface area contributed by atoms with Crippen molar-refractivity contribution in [3.8, 4) is 0 Å². The van der Waals surface area contributed by atoms with Gasteiger partial charge in [-0.25, -0.2) is 17.7 Å². The third-order valence-corrected chi connectivity index (χ3v) is 5.43. The number of hydrogen-bond acceptors (Lipinski definition) is 5. The van der Waals surface area contributed by atoms with E-state index in [1.165, 1.54) is 29.7 Å². The Hall–Kier alpha value is -1.93. The number of sulfonamides is 1. The molecule has 1 N–H and O–H groups in total. The number of carbonyl (C=O) groups is 1. The van der Waals surface area contributed by atoms with Crippen LogP contribution in [0.25, 0.3) is 0 Å². The highest BCUT2D eigenvalue weighted by atomic mass is 32.2. The van der Waals surface area contributed by atoms with E-state index >= 15 is 0 Å². The molecule has 23 heavy (non-hydrogen) atoms. The van der Waals surface area contributed by atoms with E-state index in [9.17, 15) is 13.2 Å². The summed E-state index contributed by atoms with van der Waals surface area (Å²) in [5.74, 6) is -0.382. The number of nitrogens with one attached hydrogen (secondary N) is 1. The van der Waals surface area contributed by atoms with Crippen LogP contribution in [0.3, 0.4) is 0 Å². The summed E-state index contributed by atoms with van der Waals surface area (Å²) in [6, 6.07) is 8.01. The minimum absolute atomic E-state index is 0.124. The number of thiazole rings is 1. The molecule has 8 heteroatoms. The first kappa shape index (κ1) is 17.4. The van der Waals surface area contributed by atoms with Gasteiger partial charge in [0.25, 0.3) is 10.0 Å². The number of carbonyl (C=O) groups excluding carboxylic acids is 1. The molecule has 0 saturated carbocycles. The van der Waals surface area contributed by atoms with Crippen molar-refractivity contribution < 1.29 is 13.2 Å². The highest BCUT2D eigenvalue weighted by molar-refractivity contribution is 7.93. The van der Waals surface area contributed by atoms with Gasteiger partial charge in [0.05, 0.1) is 4.90 Å². The maximum atomic E-state index is 12.8. The number of benzene rings is 1. The minimum Gasteiger partial charge on any atom is -0.350 e. The first-order chi connectivity index (χ1) is 10.7. The average molecular weight is 353 g/mol. The van der Waals surface area contributed by atoms with Gasteiger partial charge in [-0.05, 0) is 32.9 Å². The fourth-order valence-corrected chi connectivity index (χ4v) is 4.17. The van der Waals surface area contributed by atoms with Gasteiger partial charge >= 0.3 is 0 Å². The number of amides is 1. The summed E-state index contributed by atoms with van der Waals surface area (Å²) in [5, 5.41) is 4.70. The second-order valence-corrected chi connectivity index (χ2v) is 8.67. The molecule has 124 valence electrons. The van der Waals surface area contributed by atoms with Crippen LogP contribution in [0.5, 0.6) is 0 Å². The van der Waals surface area contributed by atoms with E-state index in [4.69, 9.17) is 0 Å².